The Kier molecular flexibility index (Phi) is 4.13. The fourth-order valence-corrected chi connectivity index (χ4v) is 5.61. The minimum Gasteiger partial charge on any atom is -0.379 e. The number of rotatable bonds is 5. The van der Waals surface area contributed by atoms with E-state index >= 15 is 0 Å². The van der Waals surface area contributed by atoms with Crippen LogP contribution in [-0.4, -0.2) is 50.3 Å². The summed E-state index contributed by atoms with van der Waals surface area (Å²) in [5.74, 6) is 2.55. The van der Waals surface area contributed by atoms with Gasteiger partial charge in [-0.3, -0.25) is 14.5 Å². The number of amides is 1. The summed E-state index contributed by atoms with van der Waals surface area (Å²) in [7, 11) is 0. The van der Waals surface area contributed by atoms with Crippen LogP contribution in [0.1, 0.15) is 38.5 Å². The van der Waals surface area contributed by atoms with Gasteiger partial charge in [-0.05, 0) is 56.3 Å². The van der Waals surface area contributed by atoms with Crippen molar-refractivity contribution < 1.29 is 14.4 Å². The van der Waals surface area contributed by atoms with E-state index in [2.05, 4.69) is 10.4 Å². The molecule has 1 saturated heterocycles. The molecule has 5 fully saturated rings. The van der Waals surface area contributed by atoms with Gasteiger partial charge in [-0.1, -0.05) is 0 Å². The Morgan fingerprint density at radius 3 is 2.27 bits per heavy atom. The van der Waals surface area contributed by atoms with Gasteiger partial charge in [0, 0.05) is 19.6 Å². The third-order valence-corrected chi connectivity index (χ3v) is 6.30. The Morgan fingerprint density at radius 1 is 1.09 bits per heavy atom. The monoisotopic (exact) mass is 308 g/mol. The van der Waals surface area contributed by atoms with Gasteiger partial charge in [0.1, 0.15) is 0 Å². The van der Waals surface area contributed by atoms with E-state index in [9.17, 15) is 4.79 Å². The zero-order valence-corrected chi connectivity index (χ0v) is 13.4. The molecule has 0 radical (unpaired) electrons. The molecule has 0 aromatic rings. The van der Waals surface area contributed by atoms with Crippen LogP contribution in [0.4, 0.5) is 0 Å². The summed E-state index contributed by atoms with van der Waals surface area (Å²) in [6, 6.07) is 0. The number of carbonyl (C=O) groups excluding carboxylic acids is 1. The van der Waals surface area contributed by atoms with Gasteiger partial charge in [-0.2, -0.15) is 0 Å². The topological polar surface area (TPSA) is 50.8 Å². The molecule has 0 aromatic heterocycles. The molecule has 0 aromatic carbocycles. The molecule has 1 amide bonds. The Balaban J connectivity index is 1.24. The maximum Gasteiger partial charge on any atom is 0.249 e. The van der Waals surface area contributed by atoms with Gasteiger partial charge in [0.05, 0.1) is 25.2 Å². The number of hydroxylamine groups is 1. The lowest BCUT2D eigenvalue weighted by Gasteiger charge is -2.55. The van der Waals surface area contributed by atoms with Crippen LogP contribution in [0.3, 0.4) is 0 Å². The van der Waals surface area contributed by atoms with Gasteiger partial charge >= 0.3 is 0 Å². The molecule has 0 unspecified atom stereocenters. The van der Waals surface area contributed by atoms with Gasteiger partial charge in [0.2, 0.25) is 5.91 Å². The average molecular weight is 308 g/mol. The van der Waals surface area contributed by atoms with Gasteiger partial charge in [0.15, 0.2) is 0 Å². The summed E-state index contributed by atoms with van der Waals surface area (Å²) in [5, 5.41) is 0. The molecule has 0 spiro atoms. The minimum atomic E-state index is -0.103. The minimum absolute atomic E-state index is 0.103. The van der Waals surface area contributed by atoms with Crippen molar-refractivity contribution in [1.82, 2.24) is 10.4 Å². The van der Waals surface area contributed by atoms with Crippen LogP contribution < -0.4 is 5.48 Å². The van der Waals surface area contributed by atoms with E-state index in [-0.39, 0.29) is 11.3 Å². The van der Waals surface area contributed by atoms with Crippen LogP contribution in [0.15, 0.2) is 0 Å². The predicted molar refractivity (Wildman–Crippen MR) is 82.0 cm³/mol. The normalized spacial score (nSPS) is 40.8. The summed E-state index contributed by atoms with van der Waals surface area (Å²) < 4.78 is 5.33. The van der Waals surface area contributed by atoms with Crippen molar-refractivity contribution >= 4 is 5.91 Å². The number of morpholine rings is 1. The highest BCUT2D eigenvalue weighted by atomic mass is 16.7. The maximum absolute atomic E-state index is 12.7. The smallest absolute Gasteiger partial charge is 0.249 e. The molecule has 124 valence electrons. The molecule has 1 aliphatic heterocycles. The van der Waals surface area contributed by atoms with Crippen LogP contribution in [0.25, 0.3) is 0 Å². The Bertz CT molecular complexity index is 385. The van der Waals surface area contributed by atoms with E-state index in [0.29, 0.717) is 6.61 Å². The highest BCUT2D eigenvalue weighted by molar-refractivity contribution is 5.82. The lowest BCUT2D eigenvalue weighted by atomic mass is 9.49. The second kappa shape index (κ2) is 6.10. The fraction of sp³-hybridized carbons (Fsp3) is 0.941. The Morgan fingerprint density at radius 2 is 1.68 bits per heavy atom. The SMILES string of the molecule is O=C(NOCCN1CCOCC1)C12CC3CC(CC(C3)C1)C2. The van der Waals surface area contributed by atoms with Crippen molar-refractivity contribution in [3.63, 3.8) is 0 Å². The highest BCUT2D eigenvalue weighted by Gasteiger charge is 2.54. The van der Waals surface area contributed by atoms with Crippen LogP contribution in [-0.2, 0) is 14.4 Å². The first-order chi connectivity index (χ1) is 10.7. The van der Waals surface area contributed by atoms with Gasteiger partial charge in [-0.15, -0.1) is 0 Å². The third kappa shape index (κ3) is 2.91. The van der Waals surface area contributed by atoms with Gasteiger partial charge < -0.3 is 4.74 Å². The molecule has 5 heteroatoms. The van der Waals surface area contributed by atoms with Crippen LogP contribution >= 0.6 is 0 Å². The first-order valence-corrected chi connectivity index (χ1v) is 8.96. The second-order valence-electron chi connectivity index (χ2n) is 7.93. The van der Waals surface area contributed by atoms with Crippen molar-refractivity contribution in [3.05, 3.63) is 0 Å². The molecule has 5 rings (SSSR count). The lowest BCUT2D eigenvalue weighted by molar-refractivity contribution is -0.159. The lowest BCUT2D eigenvalue weighted by Crippen LogP contribution is -2.53. The van der Waals surface area contributed by atoms with E-state index in [1.807, 2.05) is 0 Å². The van der Waals surface area contributed by atoms with E-state index in [1.54, 1.807) is 0 Å². The molecule has 1 N–H and O–H groups in total. The van der Waals surface area contributed by atoms with Crippen LogP contribution in [0.2, 0.25) is 0 Å². The molecule has 4 saturated carbocycles. The summed E-state index contributed by atoms with van der Waals surface area (Å²) in [6.07, 6.45) is 7.38. The molecular weight excluding hydrogens is 280 g/mol. The predicted octanol–water partition coefficient (Wildman–Crippen LogP) is 1.58. The molecule has 1 heterocycles. The molecule has 5 nitrogen and oxygen atoms in total. The number of ether oxygens (including phenoxy) is 1. The summed E-state index contributed by atoms with van der Waals surface area (Å²) >= 11 is 0. The largest absolute Gasteiger partial charge is 0.379 e. The molecule has 4 aliphatic carbocycles. The van der Waals surface area contributed by atoms with E-state index in [4.69, 9.17) is 9.57 Å². The van der Waals surface area contributed by atoms with Crippen molar-refractivity contribution in [2.75, 3.05) is 39.5 Å². The van der Waals surface area contributed by atoms with Crippen molar-refractivity contribution in [2.45, 2.75) is 38.5 Å². The van der Waals surface area contributed by atoms with Gasteiger partial charge in [0.25, 0.3) is 0 Å². The van der Waals surface area contributed by atoms with E-state index < -0.39 is 0 Å². The number of nitrogens with one attached hydrogen (secondary N) is 1. The summed E-state index contributed by atoms with van der Waals surface area (Å²) in [5.41, 5.74) is 2.68. The third-order valence-electron chi connectivity index (χ3n) is 6.30. The van der Waals surface area contributed by atoms with E-state index in [1.165, 1.54) is 19.3 Å². The first kappa shape index (κ1) is 14.9. The first-order valence-electron chi connectivity index (χ1n) is 8.96. The maximum atomic E-state index is 12.7. The Hall–Kier alpha value is -0.650. The average Bonchev–Trinajstić information content (AvgIpc) is 2.51. The molecular formula is C17H28N2O3. The molecule has 5 aliphatic rings. The summed E-state index contributed by atoms with van der Waals surface area (Å²) in [4.78, 5) is 20.5. The van der Waals surface area contributed by atoms with Crippen LogP contribution in [0.5, 0.6) is 0 Å². The molecule has 4 bridgehead atoms. The van der Waals surface area contributed by atoms with Crippen molar-refractivity contribution in [1.29, 1.82) is 0 Å². The van der Waals surface area contributed by atoms with Crippen molar-refractivity contribution in [2.24, 2.45) is 23.2 Å². The molecule has 22 heavy (non-hydrogen) atoms. The Labute approximate surface area is 132 Å². The summed E-state index contributed by atoms with van der Waals surface area (Å²) in [6.45, 7) is 4.97. The second-order valence-corrected chi connectivity index (χ2v) is 7.93. The molecule has 0 atom stereocenters. The zero-order valence-electron chi connectivity index (χ0n) is 13.4. The number of carbonyl (C=O) groups is 1. The van der Waals surface area contributed by atoms with E-state index in [0.717, 1.165) is 69.9 Å². The van der Waals surface area contributed by atoms with Gasteiger partial charge in [-0.25, -0.2) is 5.48 Å². The number of hydrogen-bond acceptors (Lipinski definition) is 4. The quantitative estimate of drug-likeness (QED) is 0.619. The zero-order chi connectivity index (χ0) is 15.0. The highest BCUT2D eigenvalue weighted by Crippen LogP contribution is 2.60. The number of nitrogens with zero attached hydrogens (tertiary/aromatic N) is 1. The fourth-order valence-electron chi connectivity index (χ4n) is 5.61. The standard InChI is InChI=1S/C17H28N2O3/c20-16(18-22-6-3-19-1-4-21-5-2-19)17-10-13-7-14(11-17)9-15(8-13)12-17/h13-15H,1-12H2,(H,18,20). The number of hydrogen-bond donors (Lipinski definition) is 1. The van der Waals surface area contributed by atoms with Crippen molar-refractivity contribution in [3.8, 4) is 0 Å². The van der Waals surface area contributed by atoms with Crippen LogP contribution in [0, 0.1) is 23.2 Å².